The lowest BCUT2D eigenvalue weighted by Crippen LogP contribution is -2.79. The lowest BCUT2D eigenvalue weighted by molar-refractivity contribution is -0.381. The van der Waals surface area contributed by atoms with Crippen LogP contribution in [0.25, 0.3) is 0 Å². The van der Waals surface area contributed by atoms with Gasteiger partial charge in [0.1, 0.15) is 23.4 Å². The molecule has 5 rings (SSSR count). The van der Waals surface area contributed by atoms with Crippen LogP contribution in [-0.2, 0) is 14.2 Å². The largest absolute Gasteiger partial charge is 0.387 e. The lowest BCUT2D eigenvalue weighted by Gasteiger charge is -2.66. The van der Waals surface area contributed by atoms with Crippen LogP contribution in [0, 0.1) is 16.7 Å². The van der Waals surface area contributed by atoms with Crippen LogP contribution in [0.5, 0.6) is 0 Å². The Balaban J connectivity index is 1.84. The van der Waals surface area contributed by atoms with Gasteiger partial charge in [-0.15, -0.1) is 0 Å². The van der Waals surface area contributed by atoms with Crippen LogP contribution < -0.4 is 0 Å². The van der Waals surface area contributed by atoms with Gasteiger partial charge in [-0.2, -0.15) is 0 Å². The molecule has 2 saturated carbocycles. The zero-order valence-electron chi connectivity index (χ0n) is 14.6. The highest BCUT2D eigenvalue weighted by atomic mass is 16.8. The van der Waals surface area contributed by atoms with E-state index in [1.807, 2.05) is 13.8 Å². The number of hydrogen-bond donors (Lipinski definition) is 2. The molecule has 2 aliphatic carbocycles. The van der Waals surface area contributed by atoms with Gasteiger partial charge >= 0.3 is 0 Å². The second-order valence-electron chi connectivity index (χ2n) is 9.60. The van der Waals surface area contributed by atoms with Gasteiger partial charge in [-0.3, -0.25) is 0 Å². The van der Waals surface area contributed by atoms with Gasteiger partial charge in [0, 0.05) is 11.8 Å². The fourth-order valence-corrected chi connectivity index (χ4v) is 7.64. The lowest BCUT2D eigenvalue weighted by atomic mass is 9.42. The minimum atomic E-state index is -0.970. The molecule has 0 amide bonds. The average molecular weight is 324 g/mol. The second kappa shape index (κ2) is 3.65. The van der Waals surface area contributed by atoms with Crippen molar-refractivity contribution in [3.8, 4) is 0 Å². The fraction of sp³-hybridized carbons (Fsp3) is 1.00. The molecule has 5 aliphatic rings. The van der Waals surface area contributed by atoms with Crippen LogP contribution in [0.2, 0.25) is 0 Å². The van der Waals surface area contributed by atoms with E-state index >= 15 is 0 Å². The summed E-state index contributed by atoms with van der Waals surface area (Å²) in [5, 5.41) is 22.3. The van der Waals surface area contributed by atoms with Gasteiger partial charge in [-0.05, 0) is 32.1 Å². The molecule has 0 radical (unpaired) electrons. The summed E-state index contributed by atoms with van der Waals surface area (Å²) in [6, 6.07) is 0. The zero-order valence-corrected chi connectivity index (χ0v) is 14.6. The van der Waals surface area contributed by atoms with Crippen molar-refractivity contribution in [1.82, 2.24) is 0 Å². The third kappa shape index (κ3) is 1.19. The molecule has 0 spiro atoms. The smallest absolute Gasteiger partial charge is 0.178 e. The molecule has 0 aromatic rings. The number of ether oxygens (including phenoxy) is 3. The quantitative estimate of drug-likeness (QED) is 0.708. The van der Waals surface area contributed by atoms with Gasteiger partial charge < -0.3 is 24.4 Å². The molecular formula is C18H28O5. The van der Waals surface area contributed by atoms with Crippen LogP contribution in [-0.4, -0.2) is 51.6 Å². The Hall–Kier alpha value is -0.200. The van der Waals surface area contributed by atoms with Crippen molar-refractivity contribution in [1.29, 1.82) is 0 Å². The van der Waals surface area contributed by atoms with E-state index in [4.69, 9.17) is 14.2 Å². The van der Waals surface area contributed by atoms with Gasteiger partial charge in [-0.1, -0.05) is 20.8 Å². The van der Waals surface area contributed by atoms with E-state index in [1.54, 1.807) is 0 Å². The Bertz CT molecular complexity index is 592. The average Bonchev–Trinajstić information content (AvgIpc) is 2.82. The van der Waals surface area contributed by atoms with Crippen LogP contribution in [0.3, 0.4) is 0 Å². The molecular weight excluding hydrogens is 296 g/mol. The number of aliphatic hydroxyl groups is 2. The summed E-state index contributed by atoms with van der Waals surface area (Å²) in [5.74, 6) is -0.788. The minimum absolute atomic E-state index is 0.0540. The predicted octanol–water partition coefficient (Wildman–Crippen LogP) is 1.60. The van der Waals surface area contributed by atoms with Gasteiger partial charge in [0.2, 0.25) is 0 Å². The fourth-order valence-electron chi connectivity index (χ4n) is 7.64. The van der Waals surface area contributed by atoms with Gasteiger partial charge in [0.25, 0.3) is 0 Å². The van der Waals surface area contributed by atoms with E-state index in [9.17, 15) is 10.2 Å². The summed E-state index contributed by atoms with van der Waals surface area (Å²) in [4.78, 5) is 0. The first kappa shape index (κ1) is 15.1. The number of aliphatic hydroxyl groups excluding tert-OH is 2. The maximum atomic E-state index is 11.3. The number of rotatable bonds is 0. The topological polar surface area (TPSA) is 68.2 Å². The highest BCUT2D eigenvalue weighted by Crippen LogP contribution is 2.80. The summed E-state index contributed by atoms with van der Waals surface area (Å²) >= 11 is 0. The Labute approximate surface area is 137 Å². The van der Waals surface area contributed by atoms with Crippen LogP contribution in [0.4, 0.5) is 0 Å². The van der Waals surface area contributed by atoms with Crippen LogP contribution >= 0.6 is 0 Å². The molecule has 3 aliphatic heterocycles. The molecule has 130 valence electrons. The Kier molecular flexibility index (Phi) is 2.40. The highest BCUT2D eigenvalue weighted by molar-refractivity contribution is 5.36. The molecule has 5 nitrogen and oxygen atoms in total. The van der Waals surface area contributed by atoms with E-state index in [-0.39, 0.29) is 29.0 Å². The van der Waals surface area contributed by atoms with Crippen molar-refractivity contribution in [2.45, 2.75) is 95.3 Å². The van der Waals surface area contributed by atoms with Crippen molar-refractivity contribution in [3.63, 3.8) is 0 Å². The molecule has 5 heteroatoms. The van der Waals surface area contributed by atoms with Crippen LogP contribution in [0.15, 0.2) is 0 Å². The summed E-state index contributed by atoms with van der Waals surface area (Å²) < 4.78 is 19.5. The van der Waals surface area contributed by atoms with E-state index in [2.05, 4.69) is 20.8 Å². The molecule has 3 saturated heterocycles. The molecule has 5 fully saturated rings. The third-order valence-corrected chi connectivity index (χ3v) is 8.12. The molecule has 9 atom stereocenters. The number of hydrogen-bond acceptors (Lipinski definition) is 5. The normalized spacial score (nSPS) is 68.2. The van der Waals surface area contributed by atoms with Crippen LogP contribution in [0.1, 0.15) is 53.9 Å². The summed E-state index contributed by atoms with van der Waals surface area (Å²) in [6.45, 7) is 10.5. The standard InChI is InChI=1S/C18H28O5/c1-9-8-17-13-15(4)10(22-17)6-7-14(2,3)18(15,23-17)12(20)11(19)16(13,5)21-9/h9-13,19-20H,6-8H2,1-5H3/t9?,10-,11-,12-,13?,15+,16?,17-,18+/m0/s1. The first-order valence-corrected chi connectivity index (χ1v) is 8.97. The van der Waals surface area contributed by atoms with E-state index < -0.39 is 29.2 Å². The second-order valence-corrected chi connectivity index (χ2v) is 9.60. The van der Waals surface area contributed by atoms with E-state index in [0.717, 1.165) is 12.8 Å². The maximum Gasteiger partial charge on any atom is 0.178 e. The van der Waals surface area contributed by atoms with Gasteiger partial charge in [0.15, 0.2) is 5.79 Å². The Morgan fingerprint density at radius 1 is 1.00 bits per heavy atom. The Morgan fingerprint density at radius 3 is 2.39 bits per heavy atom. The molecule has 3 heterocycles. The SMILES string of the molecule is CC1C[C@]23O[C@H]4CCC(C)(C)[C@]5(O2)[C@@H](O)[C@H](O)C(C)(O1)C3[C@@]45C. The molecule has 3 unspecified atom stereocenters. The first-order chi connectivity index (χ1) is 10.6. The van der Waals surface area contributed by atoms with E-state index in [0.29, 0.717) is 6.42 Å². The van der Waals surface area contributed by atoms with Crippen molar-refractivity contribution < 1.29 is 24.4 Å². The van der Waals surface area contributed by atoms with Gasteiger partial charge in [0.05, 0.1) is 18.1 Å². The van der Waals surface area contributed by atoms with Gasteiger partial charge in [-0.25, -0.2) is 0 Å². The molecule has 0 aromatic carbocycles. The summed E-state index contributed by atoms with van der Waals surface area (Å²) in [6.07, 6.45) is 0.610. The monoisotopic (exact) mass is 324 g/mol. The minimum Gasteiger partial charge on any atom is -0.387 e. The summed E-state index contributed by atoms with van der Waals surface area (Å²) in [5.41, 5.74) is -2.19. The Morgan fingerprint density at radius 2 is 1.70 bits per heavy atom. The van der Waals surface area contributed by atoms with Crippen molar-refractivity contribution in [2.24, 2.45) is 16.7 Å². The third-order valence-electron chi connectivity index (χ3n) is 8.12. The first-order valence-electron chi connectivity index (χ1n) is 8.97. The maximum absolute atomic E-state index is 11.3. The molecule has 23 heavy (non-hydrogen) atoms. The van der Waals surface area contributed by atoms with Crippen molar-refractivity contribution in [2.75, 3.05) is 0 Å². The van der Waals surface area contributed by atoms with Crippen molar-refractivity contribution in [3.05, 3.63) is 0 Å². The zero-order chi connectivity index (χ0) is 16.6. The molecule has 0 aromatic heterocycles. The molecule has 4 bridgehead atoms. The predicted molar refractivity (Wildman–Crippen MR) is 81.6 cm³/mol. The van der Waals surface area contributed by atoms with E-state index in [1.165, 1.54) is 0 Å². The summed E-state index contributed by atoms with van der Waals surface area (Å²) in [7, 11) is 0. The highest BCUT2D eigenvalue weighted by Gasteiger charge is 2.91. The van der Waals surface area contributed by atoms with Crippen molar-refractivity contribution >= 4 is 0 Å². The molecule has 2 N–H and O–H groups in total.